The first-order valence-corrected chi connectivity index (χ1v) is 7.63. The molecule has 0 aliphatic heterocycles. The maximum Gasteiger partial charge on any atom is 0.160 e. The number of carbonyl (C=O) groups is 1. The summed E-state index contributed by atoms with van der Waals surface area (Å²) >= 11 is 0. The highest BCUT2D eigenvalue weighted by atomic mass is 16.5. The third kappa shape index (κ3) is 3.76. The van der Waals surface area contributed by atoms with E-state index in [0.717, 1.165) is 42.0 Å². The van der Waals surface area contributed by atoms with Crippen molar-refractivity contribution >= 4 is 11.5 Å². The third-order valence-corrected chi connectivity index (χ3v) is 3.70. The number of allylic oxidation sites excluding steroid dienone is 1. The van der Waals surface area contributed by atoms with Crippen molar-refractivity contribution in [3.63, 3.8) is 0 Å². The standard InChI is InChI=1S/C19H19NO2/c21-19-9-5-4-6-15(19)14-20-16-10-12-18(13-11-16)22-17-7-2-1-3-8-17/h1-3,7-8,10-14,20H,4-6,9H2/b15-14-. The lowest BCUT2D eigenvalue weighted by Gasteiger charge is -2.13. The van der Waals surface area contributed by atoms with Crippen molar-refractivity contribution in [2.24, 2.45) is 0 Å². The van der Waals surface area contributed by atoms with Crippen LogP contribution in [0.25, 0.3) is 0 Å². The molecular formula is C19H19NO2. The van der Waals surface area contributed by atoms with E-state index in [-0.39, 0.29) is 5.78 Å². The monoisotopic (exact) mass is 293 g/mol. The van der Waals surface area contributed by atoms with Crippen molar-refractivity contribution in [2.75, 3.05) is 5.32 Å². The average molecular weight is 293 g/mol. The Kier molecular flexibility index (Phi) is 4.54. The Morgan fingerprint density at radius 3 is 2.27 bits per heavy atom. The third-order valence-electron chi connectivity index (χ3n) is 3.70. The molecule has 0 aromatic heterocycles. The average Bonchev–Trinajstić information content (AvgIpc) is 2.56. The Bertz CT molecular complexity index is 660. The minimum Gasteiger partial charge on any atom is -0.457 e. The van der Waals surface area contributed by atoms with Crippen molar-refractivity contribution in [1.82, 2.24) is 0 Å². The second-order valence-electron chi connectivity index (χ2n) is 5.38. The molecule has 0 saturated heterocycles. The number of para-hydroxylation sites is 1. The number of hydrogen-bond donors (Lipinski definition) is 1. The van der Waals surface area contributed by atoms with Crippen LogP contribution in [0.3, 0.4) is 0 Å². The lowest BCUT2D eigenvalue weighted by Crippen LogP contribution is -2.09. The van der Waals surface area contributed by atoms with Gasteiger partial charge >= 0.3 is 0 Å². The number of carbonyl (C=O) groups excluding carboxylic acids is 1. The Hall–Kier alpha value is -2.55. The summed E-state index contributed by atoms with van der Waals surface area (Å²) in [7, 11) is 0. The Balaban J connectivity index is 1.62. The minimum atomic E-state index is 0.266. The molecule has 0 heterocycles. The van der Waals surface area contributed by atoms with E-state index in [2.05, 4.69) is 5.32 Å². The molecule has 0 bridgehead atoms. The highest BCUT2D eigenvalue weighted by Gasteiger charge is 2.14. The Morgan fingerprint density at radius 1 is 0.864 bits per heavy atom. The van der Waals surface area contributed by atoms with Crippen LogP contribution in [0.5, 0.6) is 11.5 Å². The summed E-state index contributed by atoms with van der Waals surface area (Å²) in [6.45, 7) is 0. The number of rotatable bonds is 4. The van der Waals surface area contributed by atoms with Crippen molar-refractivity contribution in [3.8, 4) is 11.5 Å². The summed E-state index contributed by atoms with van der Waals surface area (Å²) in [5.74, 6) is 1.87. The maximum absolute atomic E-state index is 11.7. The van der Waals surface area contributed by atoms with Crippen LogP contribution in [0.4, 0.5) is 5.69 Å². The van der Waals surface area contributed by atoms with Gasteiger partial charge < -0.3 is 10.1 Å². The van der Waals surface area contributed by atoms with Crippen LogP contribution >= 0.6 is 0 Å². The van der Waals surface area contributed by atoms with Crippen LogP contribution in [0.2, 0.25) is 0 Å². The van der Waals surface area contributed by atoms with E-state index in [1.165, 1.54) is 0 Å². The van der Waals surface area contributed by atoms with E-state index < -0.39 is 0 Å². The summed E-state index contributed by atoms with van der Waals surface area (Å²) < 4.78 is 5.75. The summed E-state index contributed by atoms with van der Waals surface area (Å²) in [4.78, 5) is 11.7. The summed E-state index contributed by atoms with van der Waals surface area (Å²) in [5.41, 5.74) is 1.85. The van der Waals surface area contributed by atoms with Crippen LogP contribution in [0.1, 0.15) is 25.7 Å². The number of Topliss-reactive ketones (excluding diaryl/α,β-unsaturated/α-hetero) is 1. The number of ketones is 1. The van der Waals surface area contributed by atoms with Gasteiger partial charge in [-0.15, -0.1) is 0 Å². The van der Waals surface area contributed by atoms with Gasteiger partial charge in [0, 0.05) is 23.9 Å². The van der Waals surface area contributed by atoms with Gasteiger partial charge in [-0.05, 0) is 55.7 Å². The van der Waals surface area contributed by atoms with E-state index in [1.807, 2.05) is 60.8 Å². The molecule has 22 heavy (non-hydrogen) atoms. The van der Waals surface area contributed by atoms with Gasteiger partial charge in [0.2, 0.25) is 0 Å². The molecule has 0 unspecified atom stereocenters. The smallest absolute Gasteiger partial charge is 0.160 e. The van der Waals surface area contributed by atoms with Crippen LogP contribution < -0.4 is 10.1 Å². The fourth-order valence-electron chi connectivity index (χ4n) is 2.47. The Morgan fingerprint density at radius 2 is 1.55 bits per heavy atom. The molecule has 1 N–H and O–H groups in total. The zero-order chi connectivity index (χ0) is 15.2. The first-order valence-electron chi connectivity index (χ1n) is 7.63. The van der Waals surface area contributed by atoms with Crippen LogP contribution in [-0.4, -0.2) is 5.78 Å². The molecule has 1 saturated carbocycles. The highest BCUT2D eigenvalue weighted by Crippen LogP contribution is 2.23. The predicted octanol–water partition coefficient (Wildman–Crippen LogP) is 4.92. The van der Waals surface area contributed by atoms with Crippen LogP contribution in [-0.2, 0) is 4.79 Å². The van der Waals surface area contributed by atoms with Crippen molar-refractivity contribution < 1.29 is 9.53 Å². The molecule has 0 spiro atoms. The van der Waals surface area contributed by atoms with Crippen LogP contribution in [0, 0.1) is 0 Å². The van der Waals surface area contributed by atoms with Crippen molar-refractivity contribution in [3.05, 3.63) is 66.4 Å². The van der Waals surface area contributed by atoms with E-state index >= 15 is 0 Å². The second kappa shape index (κ2) is 6.94. The molecule has 0 radical (unpaired) electrons. The largest absolute Gasteiger partial charge is 0.457 e. The molecule has 3 nitrogen and oxygen atoms in total. The van der Waals surface area contributed by atoms with Gasteiger partial charge in [-0.2, -0.15) is 0 Å². The molecule has 2 aromatic carbocycles. The van der Waals surface area contributed by atoms with E-state index in [4.69, 9.17) is 4.74 Å². The minimum absolute atomic E-state index is 0.266. The van der Waals surface area contributed by atoms with Gasteiger partial charge in [0.1, 0.15) is 11.5 Å². The number of nitrogens with one attached hydrogen (secondary N) is 1. The zero-order valence-corrected chi connectivity index (χ0v) is 12.4. The number of ether oxygens (including phenoxy) is 1. The normalized spacial score (nSPS) is 16.5. The fraction of sp³-hybridized carbons (Fsp3) is 0.211. The zero-order valence-electron chi connectivity index (χ0n) is 12.4. The maximum atomic E-state index is 11.7. The molecule has 1 fully saturated rings. The highest BCUT2D eigenvalue weighted by molar-refractivity contribution is 5.96. The molecular weight excluding hydrogens is 274 g/mol. The number of hydrogen-bond acceptors (Lipinski definition) is 3. The van der Waals surface area contributed by atoms with E-state index in [0.29, 0.717) is 6.42 Å². The first-order chi connectivity index (χ1) is 10.8. The quantitative estimate of drug-likeness (QED) is 0.813. The van der Waals surface area contributed by atoms with Crippen LogP contribution in [0.15, 0.2) is 66.4 Å². The molecule has 3 rings (SSSR count). The molecule has 1 aliphatic rings. The van der Waals surface area contributed by atoms with Gasteiger partial charge in [0.15, 0.2) is 5.78 Å². The first kappa shape index (κ1) is 14.4. The predicted molar refractivity (Wildman–Crippen MR) is 88.1 cm³/mol. The van der Waals surface area contributed by atoms with E-state index in [9.17, 15) is 4.79 Å². The fourth-order valence-corrected chi connectivity index (χ4v) is 2.47. The molecule has 0 amide bonds. The molecule has 3 heteroatoms. The molecule has 0 atom stereocenters. The van der Waals surface area contributed by atoms with Crippen molar-refractivity contribution in [1.29, 1.82) is 0 Å². The van der Waals surface area contributed by atoms with Gasteiger partial charge in [-0.3, -0.25) is 4.79 Å². The number of benzene rings is 2. The number of anilines is 1. The summed E-state index contributed by atoms with van der Waals surface area (Å²) in [5, 5.41) is 3.20. The lowest BCUT2D eigenvalue weighted by molar-refractivity contribution is -0.116. The summed E-state index contributed by atoms with van der Waals surface area (Å²) in [6, 6.07) is 17.4. The van der Waals surface area contributed by atoms with Gasteiger partial charge in [0.25, 0.3) is 0 Å². The lowest BCUT2D eigenvalue weighted by atomic mass is 9.94. The SMILES string of the molecule is O=C1CCCC/C1=C/Nc1ccc(Oc2ccccc2)cc1. The second-order valence-corrected chi connectivity index (χ2v) is 5.38. The van der Waals surface area contributed by atoms with Gasteiger partial charge in [-0.25, -0.2) is 0 Å². The Labute approximate surface area is 130 Å². The van der Waals surface area contributed by atoms with E-state index in [1.54, 1.807) is 0 Å². The van der Waals surface area contributed by atoms with Crippen molar-refractivity contribution in [2.45, 2.75) is 25.7 Å². The van der Waals surface area contributed by atoms with Gasteiger partial charge in [-0.1, -0.05) is 18.2 Å². The molecule has 2 aromatic rings. The molecule has 1 aliphatic carbocycles. The summed E-state index contributed by atoms with van der Waals surface area (Å²) in [6.07, 6.45) is 5.51. The van der Waals surface area contributed by atoms with Gasteiger partial charge in [0.05, 0.1) is 0 Å². The topological polar surface area (TPSA) is 38.3 Å². The molecule has 112 valence electrons.